The number of nitrogens with zero attached hydrogens (tertiary/aromatic N) is 8. The number of carboxylic acids is 1. The molecule has 5 aromatic rings. The highest BCUT2D eigenvalue weighted by molar-refractivity contribution is 6.28. The quantitative estimate of drug-likeness (QED) is 0.112. The Bertz CT molecular complexity index is 2590. The second-order valence-electron chi connectivity index (χ2n) is 18.4. The van der Waals surface area contributed by atoms with Crippen molar-refractivity contribution in [2.75, 3.05) is 51.1 Å². The first-order valence-electron chi connectivity index (χ1n) is 22.4. The summed E-state index contributed by atoms with van der Waals surface area (Å²) in [6, 6.07) is 28.0. The van der Waals surface area contributed by atoms with Crippen LogP contribution in [0.1, 0.15) is 72.9 Å². The van der Waals surface area contributed by atoms with Crippen molar-refractivity contribution in [3.63, 3.8) is 0 Å². The lowest BCUT2D eigenvalue weighted by molar-refractivity contribution is -0.192. The minimum Gasteiger partial charge on any atom is -0.475 e. The van der Waals surface area contributed by atoms with E-state index >= 15 is 0 Å². The molecule has 2 saturated heterocycles. The Kier molecular flexibility index (Phi) is 14.6. The van der Waals surface area contributed by atoms with Crippen LogP contribution >= 0.6 is 11.6 Å². The Morgan fingerprint density at radius 3 is 1.33 bits per heavy atom. The van der Waals surface area contributed by atoms with E-state index in [1.807, 2.05) is 0 Å². The zero-order valence-corrected chi connectivity index (χ0v) is 39.5. The van der Waals surface area contributed by atoms with Gasteiger partial charge >= 0.3 is 24.2 Å². The Morgan fingerprint density at radius 2 is 1.00 bits per heavy atom. The van der Waals surface area contributed by atoms with Crippen molar-refractivity contribution < 1.29 is 37.5 Å². The van der Waals surface area contributed by atoms with Crippen molar-refractivity contribution in [3.05, 3.63) is 132 Å². The fraction of sp³-hybridized carbons (Fsp3) is 0.388. The van der Waals surface area contributed by atoms with E-state index < -0.39 is 18.1 Å². The van der Waals surface area contributed by atoms with Crippen LogP contribution in [0.25, 0.3) is 11.4 Å². The number of carboxylic acid groups (broad SMARTS) is 1. The van der Waals surface area contributed by atoms with Gasteiger partial charge in [-0.1, -0.05) is 72.8 Å². The van der Waals surface area contributed by atoms with Crippen LogP contribution in [-0.2, 0) is 15.9 Å². The second kappa shape index (κ2) is 20.1. The molecule has 0 unspecified atom stereocenters. The van der Waals surface area contributed by atoms with E-state index in [0.717, 1.165) is 56.9 Å². The van der Waals surface area contributed by atoms with Crippen molar-refractivity contribution in [2.24, 2.45) is 5.73 Å². The first kappa shape index (κ1) is 50.2. The van der Waals surface area contributed by atoms with E-state index in [1.165, 1.54) is 11.1 Å². The molecule has 2 aliphatic carbocycles. The van der Waals surface area contributed by atoms with E-state index in [1.54, 1.807) is 58.9 Å². The molecule has 0 atom stereocenters. The number of hydrogen-bond donors (Lipinski definition) is 4. The molecule has 4 heterocycles. The maximum Gasteiger partial charge on any atom is 0.490 e. The monoisotopic (exact) mass is 969 g/mol. The molecule has 2 aliphatic heterocycles. The number of nitrogens with two attached hydrogens (primary N) is 1. The fourth-order valence-electron chi connectivity index (χ4n) is 10.0. The topological polar surface area (TPSA) is 203 Å². The van der Waals surface area contributed by atoms with Gasteiger partial charge in [-0.25, -0.2) is 34.3 Å². The van der Waals surface area contributed by atoms with Crippen LogP contribution in [0.4, 0.5) is 34.1 Å². The highest BCUT2D eigenvalue weighted by Crippen LogP contribution is 2.48. The van der Waals surface area contributed by atoms with Gasteiger partial charge in [0.2, 0.25) is 11.2 Å². The molecule has 20 heteroatoms. The lowest BCUT2D eigenvalue weighted by Crippen LogP contribution is -2.54. The maximum absolute atomic E-state index is 13.0. The number of alkyl halides is 3. The van der Waals surface area contributed by atoms with Gasteiger partial charge in [0.25, 0.3) is 0 Å². The summed E-state index contributed by atoms with van der Waals surface area (Å²) >= 11 is 5.77. The van der Waals surface area contributed by atoms with E-state index in [9.17, 15) is 27.6 Å². The van der Waals surface area contributed by atoms with Crippen LogP contribution in [0.5, 0.6) is 0 Å². The van der Waals surface area contributed by atoms with Crippen LogP contribution in [0.15, 0.2) is 110 Å². The third-order valence-electron chi connectivity index (χ3n) is 14.1. The van der Waals surface area contributed by atoms with Gasteiger partial charge in [-0.3, -0.25) is 24.4 Å². The van der Waals surface area contributed by atoms with Gasteiger partial charge in [-0.15, -0.1) is 0 Å². The third kappa shape index (κ3) is 10.8. The molecule has 4 fully saturated rings. The first-order chi connectivity index (χ1) is 32.7. The van der Waals surface area contributed by atoms with Crippen LogP contribution in [-0.4, -0.2) is 117 Å². The number of benzene rings is 3. The summed E-state index contributed by atoms with van der Waals surface area (Å²) in [5.41, 5.74) is 10.1. The molecule has 5 amide bonds. The number of carbonyl (C=O) groups is 4. The van der Waals surface area contributed by atoms with Crippen LogP contribution in [0, 0.1) is 0 Å². The first-order valence-corrected chi connectivity index (χ1v) is 22.7. The zero-order valence-electron chi connectivity index (χ0n) is 38.7. The average Bonchev–Trinajstić information content (AvgIpc) is 3.84. The molecule has 0 radical (unpaired) electrons. The number of carbonyl (C=O) groups excluding carboxylic acids is 3. The number of urea groups is 2. The lowest BCUT2D eigenvalue weighted by atomic mass is 9.69. The number of aliphatic carboxylic acids is 1. The summed E-state index contributed by atoms with van der Waals surface area (Å²) in [7, 11) is 8.58. The molecule has 364 valence electrons. The van der Waals surface area contributed by atoms with Gasteiger partial charge in [-0.05, 0) is 114 Å². The van der Waals surface area contributed by atoms with Crippen LogP contribution < -0.4 is 26.2 Å². The predicted octanol–water partition coefficient (Wildman–Crippen LogP) is 7.60. The summed E-state index contributed by atoms with van der Waals surface area (Å²) in [4.78, 5) is 70.8. The molecule has 4 aliphatic rings. The van der Waals surface area contributed by atoms with Gasteiger partial charge in [0.05, 0.1) is 60.3 Å². The largest absolute Gasteiger partial charge is 0.490 e. The van der Waals surface area contributed by atoms with Crippen molar-refractivity contribution in [2.45, 2.75) is 79.7 Å². The number of hydrogen-bond acceptors (Lipinski definition) is 10. The van der Waals surface area contributed by atoms with Crippen molar-refractivity contribution in [3.8, 4) is 11.4 Å². The highest BCUT2D eigenvalue weighted by atomic mass is 35.5. The maximum atomic E-state index is 13.0. The Balaban J connectivity index is 0.000000184. The Morgan fingerprint density at radius 1 is 0.638 bits per heavy atom. The number of aromatic nitrogens is 4. The van der Waals surface area contributed by atoms with Crippen LogP contribution in [0.3, 0.4) is 0 Å². The van der Waals surface area contributed by atoms with Gasteiger partial charge in [-0.2, -0.15) is 13.2 Å². The molecule has 2 aromatic heterocycles. The number of rotatable bonds is 8. The van der Waals surface area contributed by atoms with Crippen LogP contribution in [0.2, 0.25) is 5.28 Å². The summed E-state index contributed by atoms with van der Waals surface area (Å²) in [6.45, 7) is 1.23. The lowest BCUT2D eigenvalue weighted by Gasteiger charge is -2.48. The molecule has 3 aromatic carbocycles. The number of anilines is 2. The SMILES string of the molecule is CN(C)C1(c2ccccc2)CCC2(CC1)CN(c1cnc(-c3ccc(C(N)=O)cc3)nc1)C(=O)N2.CN(C)C1(c2ccccc2)CCC2(CC1)CN(c1cnc(Cl)nc1)C(=O)N2.O=C(O)C(F)(F)F. The second-order valence-corrected chi connectivity index (χ2v) is 18.7. The molecule has 0 bridgehead atoms. The highest BCUT2D eigenvalue weighted by Gasteiger charge is 2.52. The van der Waals surface area contributed by atoms with Gasteiger partial charge in [0.15, 0.2) is 5.82 Å². The Labute approximate surface area is 403 Å². The molecular weight excluding hydrogens is 915 g/mol. The summed E-state index contributed by atoms with van der Waals surface area (Å²) in [5.74, 6) is -2.71. The van der Waals surface area contributed by atoms with Gasteiger partial charge < -0.3 is 21.5 Å². The molecule has 2 spiro atoms. The molecule has 5 N–H and O–H groups in total. The van der Waals surface area contributed by atoms with Crippen molar-refractivity contribution in [1.82, 2.24) is 40.4 Å². The molecule has 2 saturated carbocycles. The minimum absolute atomic E-state index is 0.00798. The van der Waals surface area contributed by atoms with E-state index in [4.69, 9.17) is 27.2 Å². The smallest absolute Gasteiger partial charge is 0.475 e. The number of halogens is 4. The minimum atomic E-state index is -5.08. The molecule has 16 nitrogen and oxygen atoms in total. The fourth-order valence-corrected chi connectivity index (χ4v) is 10.1. The van der Waals surface area contributed by atoms with E-state index in [0.29, 0.717) is 35.9 Å². The normalized spacial score (nSPS) is 24.3. The molecule has 9 rings (SSSR count). The third-order valence-corrected chi connectivity index (χ3v) is 14.3. The number of nitrogens with one attached hydrogen (secondary N) is 2. The van der Waals surface area contributed by atoms with Gasteiger partial charge in [0.1, 0.15) is 0 Å². The van der Waals surface area contributed by atoms with E-state index in [-0.39, 0.29) is 39.5 Å². The van der Waals surface area contributed by atoms with Crippen molar-refractivity contribution >= 4 is 46.9 Å². The number of amides is 5. The summed E-state index contributed by atoms with van der Waals surface area (Å²) < 4.78 is 31.7. The molecular formula is C49H55ClF3N11O5. The predicted molar refractivity (Wildman–Crippen MR) is 254 cm³/mol. The standard InChI is InChI=1S/C27H30N6O2.C20H24ClN5O.C2HF3O2/c1-32(2)27(21-6-4-3-5-7-21)14-12-26(13-15-27)18-33(25(35)31-26)22-16-29-24(30-17-22)20-10-8-19(9-11-20)23(28)34;1-25(2)20(15-6-4-3-5-7-15)10-8-19(9-11-20)14-26(18(27)24-19)16-12-22-17(21)23-13-16;3-2(4,5)1(6)7/h3-11,16-17H,12-15,18H2,1-2H3,(H2,28,34)(H,31,35);3-7,12-13H,8-11,14H2,1-2H3,(H,24,27);(H,6,7). The average molecular weight is 970 g/mol. The van der Waals surface area contributed by atoms with Crippen molar-refractivity contribution in [1.29, 1.82) is 0 Å². The van der Waals surface area contributed by atoms with Gasteiger partial charge in [0, 0.05) is 22.2 Å². The Hall–Kier alpha value is -6.70. The summed E-state index contributed by atoms with van der Waals surface area (Å²) in [5, 5.41) is 13.8. The summed E-state index contributed by atoms with van der Waals surface area (Å²) in [6.07, 6.45) is 9.05. The molecule has 69 heavy (non-hydrogen) atoms. The van der Waals surface area contributed by atoms with E-state index in [2.05, 4.69) is 129 Å². The zero-order chi connectivity index (χ0) is 49.8. The number of primary amides is 1.